The van der Waals surface area contributed by atoms with E-state index in [9.17, 15) is 9.90 Å². The van der Waals surface area contributed by atoms with Crippen molar-refractivity contribution in [3.05, 3.63) is 21.9 Å². The summed E-state index contributed by atoms with van der Waals surface area (Å²) in [6.45, 7) is 0. The smallest absolute Gasteiger partial charge is 0.317 e. The van der Waals surface area contributed by atoms with E-state index in [4.69, 9.17) is 0 Å². The normalized spacial score (nSPS) is 23.7. The average molecular weight is 240 g/mol. The number of aliphatic hydroxyl groups excluding tert-OH is 1. The van der Waals surface area contributed by atoms with E-state index in [1.807, 2.05) is 11.4 Å². The monoisotopic (exact) mass is 240 g/mol. The van der Waals surface area contributed by atoms with Crippen LogP contribution in [0.15, 0.2) is 11.4 Å². The van der Waals surface area contributed by atoms with E-state index in [1.54, 1.807) is 25.4 Å². The highest BCUT2D eigenvalue weighted by molar-refractivity contribution is 7.10. The molecule has 1 aromatic heterocycles. The minimum atomic E-state index is -0.359. The van der Waals surface area contributed by atoms with Gasteiger partial charge in [0.15, 0.2) is 0 Å². The van der Waals surface area contributed by atoms with Gasteiger partial charge in [0.05, 0.1) is 12.1 Å². The number of urea groups is 1. The van der Waals surface area contributed by atoms with Crippen molar-refractivity contribution in [1.29, 1.82) is 0 Å². The van der Waals surface area contributed by atoms with Crippen LogP contribution in [-0.4, -0.2) is 30.1 Å². The molecule has 2 rings (SSSR count). The van der Waals surface area contributed by atoms with Gasteiger partial charge in [-0.25, -0.2) is 4.79 Å². The number of hydrogen-bond acceptors (Lipinski definition) is 3. The van der Waals surface area contributed by atoms with Crippen LogP contribution in [0.4, 0.5) is 4.79 Å². The van der Waals surface area contributed by atoms with Gasteiger partial charge < -0.3 is 15.3 Å². The molecule has 16 heavy (non-hydrogen) atoms. The van der Waals surface area contributed by atoms with Crippen molar-refractivity contribution in [2.24, 2.45) is 0 Å². The minimum absolute atomic E-state index is 0.0412. The number of amides is 2. The Morgan fingerprint density at radius 2 is 2.31 bits per heavy atom. The van der Waals surface area contributed by atoms with Gasteiger partial charge in [0.25, 0.3) is 0 Å². The second-order valence-electron chi connectivity index (χ2n) is 4.23. The van der Waals surface area contributed by atoms with Crippen LogP contribution < -0.4 is 5.32 Å². The van der Waals surface area contributed by atoms with Gasteiger partial charge in [0.1, 0.15) is 0 Å². The van der Waals surface area contributed by atoms with Gasteiger partial charge in [0, 0.05) is 19.0 Å². The zero-order valence-corrected chi connectivity index (χ0v) is 10.3. The van der Waals surface area contributed by atoms with Crippen molar-refractivity contribution in [3.63, 3.8) is 0 Å². The van der Waals surface area contributed by atoms with Gasteiger partial charge in [0.2, 0.25) is 0 Å². The number of fused-ring (bicyclic) bond motifs is 1. The van der Waals surface area contributed by atoms with Crippen LogP contribution in [0.3, 0.4) is 0 Å². The number of thiophene rings is 1. The van der Waals surface area contributed by atoms with Crippen LogP contribution in [0.1, 0.15) is 35.4 Å². The van der Waals surface area contributed by atoms with Crippen molar-refractivity contribution in [2.45, 2.75) is 25.0 Å². The molecule has 1 aromatic rings. The maximum Gasteiger partial charge on any atom is 0.317 e. The van der Waals surface area contributed by atoms with Gasteiger partial charge in [-0.3, -0.25) is 0 Å². The molecule has 0 spiro atoms. The van der Waals surface area contributed by atoms with Gasteiger partial charge >= 0.3 is 6.03 Å². The number of rotatable bonds is 1. The van der Waals surface area contributed by atoms with Crippen molar-refractivity contribution >= 4 is 17.4 Å². The van der Waals surface area contributed by atoms with E-state index in [0.29, 0.717) is 6.42 Å². The summed E-state index contributed by atoms with van der Waals surface area (Å²) in [6.07, 6.45) is 1.15. The summed E-state index contributed by atoms with van der Waals surface area (Å²) in [4.78, 5) is 14.1. The average Bonchev–Trinajstić information content (AvgIpc) is 2.71. The second-order valence-corrected chi connectivity index (χ2v) is 5.18. The third kappa shape index (κ3) is 2.05. The maximum absolute atomic E-state index is 11.6. The molecule has 1 aliphatic rings. The Labute approximate surface area is 98.9 Å². The number of carbonyl (C=O) groups excluding carboxylic acids is 1. The zero-order valence-electron chi connectivity index (χ0n) is 9.43. The Kier molecular flexibility index (Phi) is 3.16. The SMILES string of the molecule is CN(C)C(=O)N[C@@H]1CC[C@@H](O)c2sccc21. The van der Waals surface area contributed by atoms with Crippen molar-refractivity contribution in [3.8, 4) is 0 Å². The van der Waals surface area contributed by atoms with Gasteiger partial charge in [-0.15, -0.1) is 11.3 Å². The van der Waals surface area contributed by atoms with E-state index >= 15 is 0 Å². The van der Waals surface area contributed by atoms with E-state index in [1.165, 1.54) is 4.90 Å². The van der Waals surface area contributed by atoms with Crippen molar-refractivity contribution < 1.29 is 9.90 Å². The number of nitrogens with zero attached hydrogens (tertiary/aromatic N) is 1. The first-order chi connectivity index (χ1) is 7.59. The van der Waals surface area contributed by atoms with Crippen LogP contribution in [-0.2, 0) is 0 Å². The molecule has 2 atom stereocenters. The van der Waals surface area contributed by atoms with Gasteiger partial charge in [-0.05, 0) is 29.9 Å². The van der Waals surface area contributed by atoms with Crippen LogP contribution in [0.2, 0.25) is 0 Å². The predicted octanol–water partition coefficient (Wildman–Crippen LogP) is 1.89. The molecule has 0 saturated carbocycles. The predicted molar refractivity (Wildman–Crippen MR) is 63.5 cm³/mol. The molecular formula is C11H16N2O2S. The van der Waals surface area contributed by atoms with E-state index in [2.05, 4.69) is 5.32 Å². The van der Waals surface area contributed by atoms with Gasteiger partial charge in [-0.2, -0.15) is 0 Å². The number of carbonyl (C=O) groups is 1. The van der Waals surface area contributed by atoms with Crippen molar-refractivity contribution in [1.82, 2.24) is 10.2 Å². The molecule has 1 heterocycles. The summed E-state index contributed by atoms with van der Waals surface area (Å²) in [6, 6.07) is 1.95. The molecule has 0 radical (unpaired) electrons. The molecule has 0 aliphatic heterocycles. The molecule has 0 fully saturated rings. The lowest BCUT2D eigenvalue weighted by Crippen LogP contribution is -2.38. The topological polar surface area (TPSA) is 52.6 Å². The van der Waals surface area contributed by atoms with Crippen LogP contribution in [0.25, 0.3) is 0 Å². The Balaban J connectivity index is 2.14. The highest BCUT2D eigenvalue weighted by Crippen LogP contribution is 2.39. The quantitative estimate of drug-likeness (QED) is 0.787. The lowest BCUT2D eigenvalue weighted by atomic mass is 9.92. The fraction of sp³-hybridized carbons (Fsp3) is 0.545. The zero-order chi connectivity index (χ0) is 11.7. The summed E-state index contributed by atoms with van der Waals surface area (Å²) >= 11 is 1.56. The van der Waals surface area contributed by atoms with Crippen molar-refractivity contribution in [2.75, 3.05) is 14.1 Å². The number of aliphatic hydroxyl groups is 1. The van der Waals surface area contributed by atoms with Gasteiger partial charge in [-0.1, -0.05) is 0 Å². The Morgan fingerprint density at radius 1 is 1.56 bits per heavy atom. The summed E-state index contributed by atoms with van der Waals surface area (Å²) in [5, 5.41) is 14.7. The first kappa shape index (κ1) is 11.4. The maximum atomic E-state index is 11.6. The largest absolute Gasteiger partial charge is 0.388 e. The van der Waals surface area contributed by atoms with E-state index in [0.717, 1.165) is 16.9 Å². The van der Waals surface area contributed by atoms with E-state index < -0.39 is 0 Å². The fourth-order valence-corrected chi connectivity index (χ4v) is 2.91. The summed E-state index contributed by atoms with van der Waals surface area (Å²) in [5.74, 6) is 0. The highest BCUT2D eigenvalue weighted by atomic mass is 32.1. The van der Waals surface area contributed by atoms with E-state index in [-0.39, 0.29) is 18.2 Å². The molecule has 2 N–H and O–H groups in total. The van der Waals surface area contributed by atoms with Crippen LogP contribution in [0.5, 0.6) is 0 Å². The first-order valence-electron chi connectivity index (χ1n) is 5.32. The highest BCUT2D eigenvalue weighted by Gasteiger charge is 2.28. The molecular weight excluding hydrogens is 224 g/mol. The lowest BCUT2D eigenvalue weighted by Gasteiger charge is -2.27. The summed E-state index contributed by atoms with van der Waals surface area (Å²) in [7, 11) is 3.45. The first-order valence-corrected chi connectivity index (χ1v) is 6.20. The molecule has 88 valence electrons. The van der Waals surface area contributed by atoms with Crippen LogP contribution in [0, 0.1) is 0 Å². The number of hydrogen-bond donors (Lipinski definition) is 2. The Bertz CT molecular complexity index is 389. The fourth-order valence-electron chi connectivity index (χ4n) is 1.93. The molecule has 4 nitrogen and oxygen atoms in total. The molecule has 2 amide bonds. The minimum Gasteiger partial charge on any atom is -0.388 e. The molecule has 0 aromatic carbocycles. The third-order valence-corrected chi connectivity index (χ3v) is 3.87. The Morgan fingerprint density at radius 3 is 3.00 bits per heavy atom. The molecule has 0 unspecified atom stereocenters. The standard InChI is InChI=1S/C11H16N2O2S/c1-13(2)11(15)12-8-3-4-9(14)10-7(8)5-6-16-10/h5-6,8-9,14H,3-4H2,1-2H3,(H,12,15)/t8-,9-/m1/s1. The molecule has 5 heteroatoms. The summed E-state index contributed by atoms with van der Waals surface area (Å²) in [5.41, 5.74) is 1.07. The molecule has 1 aliphatic carbocycles. The second kappa shape index (κ2) is 4.43. The summed E-state index contributed by atoms with van der Waals surface area (Å²) < 4.78 is 0. The lowest BCUT2D eigenvalue weighted by molar-refractivity contribution is 0.149. The number of nitrogens with one attached hydrogen (secondary N) is 1. The van der Waals surface area contributed by atoms with Crippen LogP contribution >= 0.6 is 11.3 Å². The molecule has 0 bridgehead atoms. The third-order valence-electron chi connectivity index (χ3n) is 2.84. The molecule has 0 saturated heterocycles. The Hall–Kier alpha value is -1.07.